The van der Waals surface area contributed by atoms with Crippen LogP contribution in [-0.4, -0.2) is 29.1 Å². The van der Waals surface area contributed by atoms with Gasteiger partial charge >= 0.3 is 5.97 Å². The van der Waals surface area contributed by atoms with E-state index in [0.29, 0.717) is 6.54 Å². The van der Waals surface area contributed by atoms with Gasteiger partial charge in [0.1, 0.15) is 0 Å². The molecular weight excluding hydrogens is 286 g/mol. The van der Waals surface area contributed by atoms with Crippen molar-refractivity contribution in [2.24, 2.45) is 5.92 Å². The molecule has 0 spiro atoms. The summed E-state index contributed by atoms with van der Waals surface area (Å²) in [6, 6.07) is 19.1. The molecule has 0 amide bonds. The minimum Gasteiger partial charge on any atom is -0.481 e. The summed E-state index contributed by atoms with van der Waals surface area (Å²) < 4.78 is 0. The molecule has 0 bridgehead atoms. The van der Waals surface area contributed by atoms with E-state index in [1.807, 2.05) is 6.07 Å². The molecule has 3 heteroatoms. The molecule has 3 nitrogen and oxygen atoms in total. The van der Waals surface area contributed by atoms with Gasteiger partial charge in [0.25, 0.3) is 0 Å². The molecule has 0 radical (unpaired) electrons. The third-order valence-corrected chi connectivity index (χ3v) is 4.68. The van der Waals surface area contributed by atoms with Gasteiger partial charge in [0.05, 0.1) is 12.0 Å². The topological polar surface area (TPSA) is 40.5 Å². The molecule has 120 valence electrons. The third-order valence-electron chi connectivity index (χ3n) is 4.68. The number of benzene rings is 2. The Morgan fingerprint density at radius 2 is 1.74 bits per heavy atom. The van der Waals surface area contributed by atoms with Crippen LogP contribution in [0.4, 0.5) is 0 Å². The van der Waals surface area contributed by atoms with Crippen LogP contribution in [0.15, 0.2) is 54.6 Å². The number of hydrogen-bond acceptors (Lipinski definition) is 2. The Bertz CT molecular complexity index is 651. The molecule has 1 fully saturated rings. The number of aliphatic carboxylic acids is 1. The summed E-state index contributed by atoms with van der Waals surface area (Å²) in [6.07, 6.45) is 1.72. The van der Waals surface area contributed by atoms with E-state index < -0.39 is 5.97 Å². The summed E-state index contributed by atoms with van der Waals surface area (Å²) >= 11 is 0. The van der Waals surface area contributed by atoms with Gasteiger partial charge < -0.3 is 5.11 Å². The summed E-state index contributed by atoms with van der Waals surface area (Å²) in [5.41, 5.74) is 3.69. The minimum absolute atomic E-state index is 0.124. The van der Waals surface area contributed by atoms with E-state index in [0.717, 1.165) is 19.4 Å². The van der Waals surface area contributed by atoms with Crippen molar-refractivity contribution in [2.45, 2.75) is 25.8 Å². The second-order valence-electron chi connectivity index (χ2n) is 6.40. The number of rotatable bonds is 4. The Morgan fingerprint density at radius 3 is 2.39 bits per heavy atom. The number of piperidine rings is 1. The maximum atomic E-state index is 11.4. The normalized spacial score (nSPS) is 20.1. The Hall–Kier alpha value is -2.13. The monoisotopic (exact) mass is 309 g/mol. The van der Waals surface area contributed by atoms with Gasteiger partial charge in [-0.25, -0.2) is 0 Å². The zero-order valence-corrected chi connectivity index (χ0v) is 13.5. The first-order valence-electron chi connectivity index (χ1n) is 8.23. The highest BCUT2D eigenvalue weighted by molar-refractivity contribution is 5.70. The third kappa shape index (κ3) is 3.62. The van der Waals surface area contributed by atoms with Crippen LogP contribution in [0.1, 0.15) is 35.6 Å². The van der Waals surface area contributed by atoms with Crippen molar-refractivity contribution in [3.8, 4) is 0 Å². The predicted molar refractivity (Wildman–Crippen MR) is 91.4 cm³/mol. The zero-order chi connectivity index (χ0) is 16.2. The SMILES string of the molecule is Cc1ccc(C(c2ccccc2)N2CCCC(C(=O)O)C2)cc1. The highest BCUT2D eigenvalue weighted by Crippen LogP contribution is 2.32. The molecule has 1 aliphatic rings. The lowest BCUT2D eigenvalue weighted by Crippen LogP contribution is -2.41. The molecule has 2 aromatic carbocycles. The molecule has 1 heterocycles. The van der Waals surface area contributed by atoms with Crippen molar-refractivity contribution < 1.29 is 9.90 Å². The van der Waals surface area contributed by atoms with Gasteiger partial charge in [-0.3, -0.25) is 9.69 Å². The molecular formula is C20H23NO2. The lowest BCUT2D eigenvalue weighted by Gasteiger charge is -2.37. The van der Waals surface area contributed by atoms with Gasteiger partial charge in [-0.15, -0.1) is 0 Å². The molecule has 2 unspecified atom stereocenters. The number of carbonyl (C=O) groups is 1. The predicted octanol–water partition coefficient (Wildman–Crippen LogP) is 3.88. The summed E-state index contributed by atoms with van der Waals surface area (Å²) in [5.74, 6) is -0.939. The number of carboxylic acids is 1. The Kier molecular flexibility index (Phi) is 4.77. The van der Waals surface area contributed by atoms with E-state index in [1.54, 1.807) is 0 Å². The molecule has 1 aliphatic heterocycles. The molecule has 2 atom stereocenters. The number of aryl methyl sites for hydroxylation is 1. The maximum absolute atomic E-state index is 11.4. The average Bonchev–Trinajstić information content (AvgIpc) is 2.58. The van der Waals surface area contributed by atoms with Crippen molar-refractivity contribution in [2.75, 3.05) is 13.1 Å². The Labute approximate surface area is 137 Å². The van der Waals surface area contributed by atoms with Gasteiger partial charge in [-0.2, -0.15) is 0 Å². The molecule has 0 saturated carbocycles. The van der Waals surface area contributed by atoms with E-state index in [2.05, 4.69) is 60.4 Å². The average molecular weight is 309 g/mol. The van der Waals surface area contributed by atoms with Crippen LogP contribution < -0.4 is 0 Å². The van der Waals surface area contributed by atoms with Crippen LogP contribution in [0.2, 0.25) is 0 Å². The molecule has 23 heavy (non-hydrogen) atoms. The Balaban J connectivity index is 1.95. The van der Waals surface area contributed by atoms with Crippen molar-refractivity contribution in [3.05, 3.63) is 71.3 Å². The number of likely N-dealkylation sites (tertiary alicyclic amines) is 1. The highest BCUT2D eigenvalue weighted by atomic mass is 16.4. The number of hydrogen-bond donors (Lipinski definition) is 1. The van der Waals surface area contributed by atoms with Crippen LogP contribution in [-0.2, 0) is 4.79 Å². The van der Waals surface area contributed by atoms with Crippen molar-refractivity contribution in [3.63, 3.8) is 0 Å². The lowest BCUT2D eigenvalue weighted by atomic mass is 9.91. The van der Waals surface area contributed by atoms with Crippen LogP contribution in [0.3, 0.4) is 0 Å². The molecule has 2 aromatic rings. The maximum Gasteiger partial charge on any atom is 0.307 e. The lowest BCUT2D eigenvalue weighted by molar-refractivity contribution is -0.143. The largest absolute Gasteiger partial charge is 0.481 e. The van der Waals surface area contributed by atoms with Crippen molar-refractivity contribution in [1.82, 2.24) is 4.90 Å². The van der Waals surface area contributed by atoms with E-state index in [-0.39, 0.29) is 12.0 Å². The fourth-order valence-electron chi connectivity index (χ4n) is 3.44. The Morgan fingerprint density at radius 1 is 1.09 bits per heavy atom. The van der Waals surface area contributed by atoms with Crippen molar-refractivity contribution >= 4 is 5.97 Å². The van der Waals surface area contributed by atoms with E-state index in [1.165, 1.54) is 16.7 Å². The second-order valence-corrected chi connectivity index (χ2v) is 6.40. The fourth-order valence-corrected chi connectivity index (χ4v) is 3.44. The first-order chi connectivity index (χ1) is 11.1. The van der Waals surface area contributed by atoms with Gasteiger partial charge in [0, 0.05) is 6.54 Å². The standard InChI is InChI=1S/C20H23NO2/c1-15-9-11-17(12-10-15)19(16-6-3-2-4-7-16)21-13-5-8-18(14-21)20(22)23/h2-4,6-7,9-12,18-19H,5,8,13-14H2,1H3,(H,22,23). The van der Waals surface area contributed by atoms with Crippen LogP contribution in [0, 0.1) is 12.8 Å². The highest BCUT2D eigenvalue weighted by Gasteiger charge is 2.31. The summed E-state index contributed by atoms with van der Waals surface area (Å²) in [5, 5.41) is 9.39. The first-order valence-corrected chi connectivity index (χ1v) is 8.23. The second kappa shape index (κ2) is 6.97. The van der Waals surface area contributed by atoms with E-state index in [4.69, 9.17) is 0 Å². The molecule has 3 rings (SSSR count). The molecule has 1 saturated heterocycles. The van der Waals surface area contributed by atoms with E-state index in [9.17, 15) is 9.90 Å². The van der Waals surface area contributed by atoms with E-state index >= 15 is 0 Å². The van der Waals surface area contributed by atoms with Gasteiger partial charge in [0.2, 0.25) is 0 Å². The number of carboxylic acid groups (broad SMARTS) is 1. The van der Waals surface area contributed by atoms with Gasteiger partial charge in [-0.05, 0) is 37.4 Å². The van der Waals surface area contributed by atoms with Crippen LogP contribution in [0.25, 0.3) is 0 Å². The molecule has 1 N–H and O–H groups in total. The quantitative estimate of drug-likeness (QED) is 0.931. The van der Waals surface area contributed by atoms with Crippen LogP contribution >= 0.6 is 0 Å². The summed E-state index contributed by atoms with van der Waals surface area (Å²) in [7, 11) is 0. The zero-order valence-electron chi connectivity index (χ0n) is 13.5. The number of nitrogens with zero attached hydrogens (tertiary/aromatic N) is 1. The first kappa shape index (κ1) is 15.8. The van der Waals surface area contributed by atoms with Crippen molar-refractivity contribution in [1.29, 1.82) is 0 Å². The van der Waals surface area contributed by atoms with Crippen LogP contribution in [0.5, 0.6) is 0 Å². The molecule has 0 aliphatic carbocycles. The fraction of sp³-hybridized carbons (Fsp3) is 0.350. The van der Waals surface area contributed by atoms with Gasteiger partial charge in [0.15, 0.2) is 0 Å². The minimum atomic E-state index is -0.676. The smallest absolute Gasteiger partial charge is 0.307 e. The molecule has 0 aromatic heterocycles. The summed E-state index contributed by atoms with van der Waals surface area (Å²) in [6.45, 7) is 3.64. The summed E-state index contributed by atoms with van der Waals surface area (Å²) in [4.78, 5) is 13.7. The van der Waals surface area contributed by atoms with Gasteiger partial charge in [-0.1, -0.05) is 60.2 Å².